The third-order valence-electron chi connectivity index (χ3n) is 5.89. The summed E-state index contributed by atoms with van der Waals surface area (Å²) in [4.78, 5) is 49.2. The molecule has 9 nitrogen and oxygen atoms in total. The third kappa shape index (κ3) is 4.24. The lowest BCUT2D eigenvalue weighted by atomic mass is 9.80. The van der Waals surface area contributed by atoms with Gasteiger partial charge in [0.05, 0.1) is 23.8 Å². The van der Waals surface area contributed by atoms with Crippen LogP contribution >= 0.6 is 0 Å². The van der Waals surface area contributed by atoms with Gasteiger partial charge in [-0.25, -0.2) is 0 Å². The second-order valence-electron chi connectivity index (χ2n) is 7.81. The summed E-state index contributed by atoms with van der Waals surface area (Å²) in [5.41, 5.74) is 0.877. The lowest BCUT2D eigenvalue weighted by Gasteiger charge is -2.39. The highest BCUT2D eigenvalue weighted by atomic mass is 16.2. The van der Waals surface area contributed by atoms with Crippen LogP contribution in [0.5, 0.6) is 0 Å². The molecule has 4 amide bonds. The SMILES string of the molecule is O=C(CCC1NC(=O)c2ccccc2NC1=O)NC1CCC2NCNC(=O)C2C1. The average molecular weight is 399 g/mol. The summed E-state index contributed by atoms with van der Waals surface area (Å²) in [5.74, 6) is -0.945. The first-order chi connectivity index (χ1) is 14.0. The molecule has 29 heavy (non-hydrogen) atoms. The van der Waals surface area contributed by atoms with Crippen molar-refractivity contribution < 1.29 is 19.2 Å². The molecule has 1 aromatic carbocycles. The van der Waals surface area contributed by atoms with E-state index >= 15 is 0 Å². The van der Waals surface area contributed by atoms with E-state index in [0.29, 0.717) is 24.3 Å². The largest absolute Gasteiger partial charge is 0.353 e. The van der Waals surface area contributed by atoms with Gasteiger partial charge in [0, 0.05) is 18.5 Å². The Hall–Kier alpha value is -2.94. The van der Waals surface area contributed by atoms with Crippen molar-refractivity contribution in [3.63, 3.8) is 0 Å². The van der Waals surface area contributed by atoms with Crippen molar-refractivity contribution in [2.24, 2.45) is 5.92 Å². The molecule has 4 atom stereocenters. The molecule has 0 spiro atoms. The number of rotatable bonds is 4. The minimum absolute atomic E-state index is 0.0325. The molecule has 1 saturated heterocycles. The molecule has 1 aliphatic carbocycles. The van der Waals surface area contributed by atoms with Crippen LogP contribution in [0.3, 0.4) is 0 Å². The fourth-order valence-electron chi connectivity index (χ4n) is 4.33. The van der Waals surface area contributed by atoms with Crippen molar-refractivity contribution in [2.75, 3.05) is 12.0 Å². The Kier molecular flexibility index (Phi) is 5.48. The first-order valence-electron chi connectivity index (χ1n) is 10.0. The Morgan fingerprint density at radius 1 is 1.10 bits per heavy atom. The zero-order valence-corrected chi connectivity index (χ0v) is 16.0. The smallest absolute Gasteiger partial charge is 0.254 e. The van der Waals surface area contributed by atoms with Gasteiger partial charge in [-0.2, -0.15) is 0 Å². The number of para-hydroxylation sites is 1. The summed E-state index contributed by atoms with van der Waals surface area (Å²) in [6.45, 7) is 0.496. The van der Waals surface area contributed by atoms with Crippen molar-refractivity contribution in [3.8, 4) is 0 Å². The van der Waals surface area contributed by atoms with Crippen LogP contribution in [0.4, 0.5) is 5.69 Å². The van der Waals surface area contributed by atoms with E-state index in [1.165, 1.54) is 0 Å². The first-order valence-corrected chi connectivity index (χ1v) is 10.0. The fourth-order valence-corrected chi connectivity index (χ4v) is 4.33. The molecule has 5 N–H and O–H groups in total. The second-order valence-corrected chi connectivity index (χ2v) is 7.81. The summed E-state index contributed by atoms with van der Waals surface area (Å²) in [6.07, 6.45) is 2.57. The molecular weight excluding hydrogens is 374 g/mol. The van der Waals surface area contributed by atoms with Crippen molar-refractivity contribution in [3.05, 3.63) is 29.8 Å². The average Bonchev–Trinajstić information content (AvgIpc) is 2.83. The highest BCUT2D eigenvalue weighted by Crippen LogP contribution is 2.27. The summed E-state index contributed by atoms with van der Waals surface area (Å²) < 4.78 is 0. The number of carbonyl (C=O) groups excluding carboxylic acids is 4. The highest BCUT2D eigenvalue weighted by molar-refractivity contribution is 6.09. The van der Waals surface area contributed by atoms with E-state index in [2.05, 4.69) is 26.6 Å². The minimum Gasteiger partial charge on any atom is -0.353 e. The van der Waals surface area contributed by atoms with E-state index in [9.17, 15) is 19.2 Å². The molecule has 1 aromatic rings. The molecule has 4 unspecified atom stereocenters. The number of nitrogens with one attached hydrogen (secondary N) is 5. The third-order valence-corrected chi connectivity index (χ3v) is 5.89. The van der Waals surface area contributed by atoms with Crippen molar-refractivity contribution in [1.82, 2.24) is 21.3 Å². The van der Waals surface area contributed by atoms with Crippen LogP contribution in [0, 0.1) is 5.92 Å². The van der Waals surface area contributed by atoms with Gasteiger partial charge in [-0.3, -0.25) is 24.5 Å². The molecule has 1 saturated carbocycles. The molecular formula is C20H25N5O4. The zero-order valence-electron chi connectivity index (χ0n) is 16.0. The molecule has 0 aromatic heterocycles. The van der Waals surface area contributed by atoms with E-state index in [4.69, 9.17) is 0 Å². The number of hydrogen-bond donors (Lipinski definition) is 5. The summed E-state index contributed by atoms with van der Waals surface area (Å²) >= 11 is 0. The van der Waals surface area contributed by atoms with Crippen molar-refractivity contribution in [2.45, 2.75) is 50.2 Å². The standard InChI is InChI=1S/C20H25N5O4/c26-17(23-11-5-6-14-13(9-11)18(27)22-10-21-14)8-7-16-20(29)24-15-4-2-1-3-12(15)19(28)25-16/h1-4,11,13-14,16,21H,5-10H2,(H,22,27)(H,23,26)(H,24,29)(H,25,28). The Morgan fingerprint density at radius 3 is 2.79 bits per heavy atom. The molecule has 2 fully saturated rings. The van der Waals surface area contributed by atoms with E-state index in [1.54, 1.807) is 24.3 Å². The molecule has 0 bridgehead atoms. The summed E-state index contributed by atoms with van der Waals surface area (Å²) in [7, 11) is 0. The number of fused-ring (bicyclic) bond motifs is 2. The van der Waals surface area contributed by atoms with Gasteiger partial charge < -0.3 is 21.3 Å². The highest BCUT2D eigenvalue weighted by Gasteiger charge is 2.37. The topological polar surface area (TPSA) is 128 Å². The predicted molar refractivity (Wildman–Crippen MR) is 105 cm³/mol. The normalized spacial score (nSPS) is 28.8. The van der Waals surface area contributed by atoms with Crippen LogP contribution in [0.15, 0.2) is 24.3 Å². The van der Waals surface area contributed by atoms with Crippen LogP contribution in [0.25, 0.3) is 0 Å². The minimum atomic E-state index is -0.773. The fraction of sp³-hybridized carbons (Fsp3) is 0.500. The van der Waals surface area contributed by atoms with Crippen LogP contribution in [-0.2, 0) is 14.4 Å². The maximum Gasteiger partial charge on any atom is 0.254 e. The second kappa shape index (κ2) is 8.20. The van der Waals surface area contributed by atoms with Gasteiger partial charge in [-0.05, 0) is 37.8 Å². The monoisotopic (exact) mass is 399 g/mol. The lowest BCUT2D eigenvalue weighted by molar-refractivity contribution is -0.130. The number of hydrogen-bond acceptors (Lipinski definition) is 5. The van der Waals surface area contributed by atoms with Crippen LogP contribution in [-0.4, -0.2) is 48.4 Å². The van der Waals surface area contributed by atoms with Gasteiger partial charge in [0.1, 0.15) is 6.04 Å². The van der Waals surface area contributed by atoms with Gasteiger partial charge in [-0.15, -0.1) is 0 Å². The van der Waals surface area contributed by atoms with Gasteiger partial charge in [0.15, 0.2) is 0 Å². The van der Waals surface area contributed by atoms with E-state index in [1.807, 2.05) is 0 Å². The van der Waals surface area contributed by atoms with E-state index in [-0.39, 0.29) is 54.5 Å². The zero-order chi connectivity index (χ0) is 20.4. The molecule has 154 valence electrons. The maximum absolute atomic E-state index is 12.4. The van der Waals surface area contributed by atoms with E-state index in [0.717, 1.165) is 12.8 Å². The van der Waals surface area contributed by atoms with Crippen LogP contribution in [0.1, 0.15) is 42.5 Å². The number of carbonyl (C=O) groups is 4. The van der Waals surface area contributed by atoms with Gasteiger partial charge in [0.2, 0.25) is 17.7 Å². The van der Waals surface area contributed by atoms with E-state index < -0.39 is 6.04 Å². The van der Waals surface area contributed by atoms with Crippen molar-refractivity contribution >= 4 is 29.3 Å². The quantitative estimate of drug-likeness (QED) is 0.481. The lowest BCUT2D eigenvalue weighted by Crippen LogP contribution is -2.59. The Bertz CT molecular complexity index is 842. The Morgan fingerprint density at radius 2 is 1.93 bits per heavy atom. The number of anilines is 1. The molecule has 9 heteroatoms. The first kappa shape index (κ1) is 19.4. The summed E-state index contributed by atoms with van der Waals surface area (Å²) in [5, 5.41) is 14.5. The summed E-state index contributed by atoms with van der Waals surface area (Å²) in [6, 6.07) is 6.14. The van der Waals surface area contributed by atoms with Crippen LogP contribution in [0.2, 0.25) is 0 Å². The number of amides is 4. The Balaban J connectivity index is 1.29. The van der Waals surface area contributed by atoms with Crippen molar-refractivity contribution in [1.29, 1.82) is 0 Å². The predicted octanol–water partition coefficient (Wildman–Crippen LogP) is -0.152. The van der Waals surface area contributed by atoms with Gasteiger partial charge >= 0.3 is 0 Å². The van der Waals surface area contributed by atoms with Gasteiger partial charge in [-0.1, -0.05) is 12.1 Å². The molecule has 2 aliphatic heterocycles. The Labute approximate surface area is 168 Å². The van der Waals surface area contributed by atoms with Crippen LogP contribution < -0.4 is 26.6 Å². The number of benzene rings is 1. The maximum atomic E-state index is 12.4. The molecule has 0 radical (unpaired) electrons. The van der Waals surface area contributed by atoms with Gasteiger partial charge in [0.25, 0.3) is 5.91 Å². The molecule has 2 heterocycles. The molecule has 3 aliphatic rings. The molecule has 4 rings (SSSR count).